The van der Waals surface area contributed by atoms with E-state index in [0.29, 0.717) is 13.2 Å². The number of carbonyl (C=O) groups excluding carboxylic acids is 1. The third-order valence-corrected chi connectivity index (χ3v) is 2.11. The number of rotatable bonds is 8. The Bertz CT molecular complexity index is 255. The lowest BCUT2D eigenvalue weighted by Crippen LogP contribution is -2.49. The summed E-state index contributed by atoms with van der Waals surface area (Å²) in [5.41, 5.74) is -1.95. The monoisotopic (exact) mass is 248 g/mol. The number of hydrogen-bond acceptors (Lipinski definition) is 4. The standard InChI is InChI=1S/C10H20N2O5/c1-10(16,8(13)14)7-12-9(15)11-5-3-4-6-17-2/h16H,3-7H2,1-2H3,(H,13,14)(H2,11,12,15). The van der Waals surface area contributed by atoms with Crippen LogP contribution < -0.4 is 10.6 Å². The molecule has 1 unspecified atom stereocenters. The molecule has 17 heavy (non-hydrogen) atoms. The summed E-state index contributed by atoms with van der Waals surface area (Å²) >= 11 is 0. The number of unbranched alkanes of at least 4 members (excludes halogenated alkanes) is 1. The number of methoxy groups -OCH3 is 1. The van der Waals surface area contributed by atoms with Gasteiger partial charge in [-0.1, -0.05) is 0 Å². The molecule has 100 valence electrons. The molecule has 0 heterocycles. The Morgan fingerprint density at radius 3 is 2.47 bits per heavy atom. The molecular weight excluding hydrogens is 228 g/mol. The van der Waals surface area contributed by atoms with E-state index in [4.69, 9.17) is 9.84 Å². The molecule has 0 radical (unpaired) electrons. The van der Waals surface area contributed by atoms with Gasteiger partial charge in [-0.05, 0) is 19.8 Å². The summed E-state index contributed by atoms with van der Waals surface area (Å²) in [7, 11) is 1.61. The molecular formula is C10H20N2O5. The Hall–Kier alpha value is -1.34. The zero-order valence-corrected chi connectivity index (χ0v) is 10.2. The minimum absolute atomic E-state index is 0.341. The van der Waals surface area contributed by atoms with Crippen LogP contribution in [0.1, 0.15) is 19.8 Å². The smallest absolute Gasteiger partial charge is 0.337 e. The maximum absolute atomic E-state index is 11.2. The third-order valence-electron chi connectivity index (χ3n) is 2.11. The molecule has 4 N–H and O–H groups in total. The molecule has 1 atom stereocenters. The van der Waals surface area contributed by atoms with E-state index in [0.717, 1.165) is 19.8 Å². The van der Waals surface area contributed by atoms with Crippen molar-refractivity contribution in [2.24, 2.45) is 0 Å². The first kappa shape index (κ1) is 15.7. The number of carbonyl (C=O) groups is 2. The van der Waals surface area contributed by atoms with Crippen LogP contribution in [0.3, 0.4) is 0 Å². The van der Waals surface area contributed by atoms with E-state index in [1.165, 1.54) is 0 Å². The van der Waals surface area contributed by atoms with Gasteiger partial charge in [-0.2, -0.15) is 0 Å². The average molecular weight is 248 g/mol. The molecule has 2 amide bonds. The number of aliphatic hydroxyl groups is 1. The lowest BCUT2D eigenvalue weighted by Gasteiger charge is -2.18. The van der Waals surface area contributed by atoms with Crippen LogP contribution in [-0.4, -0.2) is 54.6 Å². The number of hydrogen-bond donors (Lipinski definition) is 4. The Labute approximate surface area is 100 Å². The summed E-state index contributed by atoms with van der Waals surface area (Å²) in [6.45, 7) is 1.89. The fraction of sp³-hybridized carbons (Fsp3) is 0.800. The fourth-order valence-electron chi connectivity index (χ4n) is 0.964. The predicted molar refractivity (Wildman–Crippen MR) is 60.8 cm³/mol. The third kappa shape index (κ3) is 7.53. The van der Waals surface area contributed by atoms with Crippen molar-refractivity contribution in [3.63, 3.8) is 0 Å². The summed E-state index contributed by atoms with van der Waals surface area (Å²) in [5, 5.41) is 22.7. The molecule has 7 heteroatoms. The highest BCUT2D eigenvalue weighted by Gasteiger charge is 2.30. The summed E-state index contributed by atoms with van der Waals surface area (Å²) in [4.78, 5) is 21.7. The van der Waals surface area contributed by atoms with Crippen LogP contribution in [0.4, 0.5) is 4.79 Å². The van der Waals surface area contributed by atoms with Gasteiger partial charge in [0.15, 0.2) is 5.60 Å². The maximum Gasteiger partial charge on any atom is 0.337 e. The lowest BCUT2D eigenvalue weighted by atomic mass is 10.1. The maximum atomic E-state index is 11.2. The molecule has 0 aromatic heterocycles. The number of carboxylic acids is 1. The van der Waals surface area contributed by atoms with E-state index in [1.807, 2.05) is 0 Å². The van der Waals surface area contributed by atoms with E-state index >= 15 is 0 Å². The van der Waals surface area contributed by atoms with E-state index in [2.05, 4.69) is 10.6 Å². The molecule has 0 aromatic carbocycles. The number of amides is 2. The van der Waals surface area contributed by atoms with Crippen molar-refractivity contribution in [2.75, 3.05) is 26.8 Å². The van der Waals surface area contributed by atoms with Crippen LogP contribution in [0.2, 0.25) is 0 Å². The van der Waals surface area contributed by atoms with Crippen LogP contribution in [0.15, 0.2) is 0 Å². The molecule has 0 saturated heterocycles. The number of carboxylic acid groups (broad SMARTS) is 1. The van der Waals surface area contributed by atoms with Gasteiger partial charge >= 0.3 is 12.0 Å². The van der Waals surface area contributed by atoms with Crippen molar-refractivity contribution in [3.05, 3.63) is 0 Å². The van der Waals surface area contributed by atoms with Crippen LogP contribution in [-0.2, 0) is 9.53 Å². The number of nitrogens with one attached hydrogen (secondary N) is 2. The second-order valence-electron chi connectivity index (χ2n) is 3.89. The first-order chi connectivity index (χ1) is 7.90. The summed E-state index contributed by atoms with van der Waals surface area (Å²) < 4.78 is 4.84. The zero-order chi connectivity index (χ0) is 13.3. The highest BCUT2D eigenvalue weighted by Crippen LogP contribution is 2.00. The Morgan fingerprint density at radius 1 is 1.29 bits per heavy atom. The molecule has 0 aliphatic heterocycles. The molecule has 0 aromatic rings. The fourth-order valence-corrected chi connectivity index (χ4v) is 0.964. The van der Waals surface area contributed by atoms with E-state index in [1.54, 1.807) is 7.11 Å². The Balaban J connectivity index is 3.63. The highest BCUT2D eigenvalue weighted by molar-refractivity contribution is 5.79. The number of urea groups is 1. The van der Waals surface area contributed by atoms with E-state index < -0.39 is 17.6 Å². The van der Waals surface area contributed by atoms with Gasteiger partial charge in [-0.25, -0.2) is 9.59 Å². The lowest BCUT2D eigenvalue weighted by molar-refractivity contribution is -0.155. The minimum atomic E-state index is -1.95. The molecule has 7 nitrogen and oxygen atoms in total. The first-order valence-electron chi connectivity index (χ1n) is 5.36. The largest absolute Gasteiger partial charge is 0.479 e. The number of ether oxygens (including phenoxy) is 1. The van der Waals surface area contributed by atoms with Gasteiger partial charge in [0.05, 0.1) is 6.54 Å². The van der Waals surface area contributed by atoms with Gasteiger partial charge in [0, 0.05) is 20.3 Å². The summed E-state index contributed by atoms with van der Waals surface area (Å²) in [6.07, 6.45) is 1.61. The zero-order valence-electron chi connectivity index (χ0n) is 10.2. The molecule has 0 fully saturated rings. The van der Waals surface area contributed by atoms with Crippen molar-refractivity contribution >= 4 is 12.0 Å². The van der Waals surface area contributed by atoms with Crippen molar-refractivity contribution < 1.29 is 24.5 Å². The van der Waals surface area contributed by atoms with E-state index in [-0.39, 0.29) is 6.54 Å². The molecule has 0 bridgehead atoms. The van der Waals surface area contributed by atoms with Gasteiger partial charge < -0.3 is 25.6 Å². The minimum Gasteiger partial charge on any atom is -0.479 e. The van der Waals surface area contributed by atoms with Crippen LogP contribution in [0.25, 0.3) is 0 Å². The Kier molecular flexibility index (Phi) is 7.24. The first-order valence-corrected chi connectivity index (χ1v) is 5.36. The Morgan fingerprint density at radius 2 is 1.94 bits per heavy atom. The van der Waals surface area contributed by atoms with Crippen molar-refractivity contribution in [3.8, 4) is 0 Å². The molecule has 0 rings (SSSR count). The summed E-state index contributed by atoms with van der Waals surface area (Å²) in [5.74, 6) is -1.38. The van der Waals surface area contributed by atoms with Crippen molar-refractivity contribution in [1.82, 2.24) is 10.6 Å². The van der Waals surface area contributed by atoms with Gasteiger partial charge in [-0.15, -0.1) is 0 Å². The van der Waals surface area contributed by atoms with Gasteiger partial charge in [0.2, 0.25) is 0 Å². The molecule has 0 spiro atoms. The second kappa shape index (κ2) is 7.86. The van der Waals surface area contributed by atoms with Crippen LogP contribution in [0.5, 0.6) is 0 Å². The quantitative estimate of drug-likeness (QED) is 0.435. The predicted octanol–water partition coefficient (Wildman–Crippen LogP) is -0.452. The summed E-state index contributed by atoms with van der Waals surface area (Å²) in [6, 6.07) is -0.496. The topological polar surface area (TPSA) is 108 Å². The van der Waals surface area contributed by atoms with Crippen molar-refractivity contribution in [2.45, 2.75) is 25.4 Å². The van der Waals surface area contributed by atoms with Crippen molar-refractivity contribution in [1.29, 1.82) is 0 Å². The van der Waals surface area contributed by atoms with Crippen LogP contribution in [0, 0.1) is 0 Å². The normalized spacial score (nSPS) is 13.8. The van der Waals surface area contributed by atoms with Gasteiger partial charge in [-0.3, -0.25) is 0 Å². The van der Waals surface area contributed by atoms with Gasteiger partial charge in [0.1, 0.15) is 0 Å². The number of aliphatic carboxylic acids is 1. The average Bonchev–Trinajstić information content (AvgIpc) is 2.26. The van der Waals surface area contributed by atoms with Crippen LogP contribution >= 0.6 is 0 Å². The van der Waals surface area contributed by atoms with Gasteiger partial charge in [0.25, 0.3) is 0 Å². The SMILES string of the molecule is COCCCCNC(=O)NCC(C)(O)C(=O)O. The van der Waals surface area contributed by atoms with E-state index in [9.17, 15) is 14.7 Å². The molecule has 0 aliphatic rings. The molecule has 0 saturated carbocycles. The molecule has 0 aliphatic carbocycles. The highest BCUT2D eigenvalue weighted by atomic mass is 16.5. The second-order valence-corrected chi connectivity index (χ2v) is 3.89.